The van der Waals surface area contributed by atoms with Crippen LogP contribution in [0.1, 0.15) is 45.4 Å². The molecule has 1 fully saturated rings. The molecule has 1 atom stereocenters. The van der Waals surface area contributed by atoms with E-state index in [-0.39, 0.29) is 11.9 Å². The molecule has 1 rings (SSSR count). The lowest BCUT2D eigenvalue weighted by atomic mass is 9.89. The first kappa shape index (κ1) is 14.2. The van der Waals surface area contributed by atoms with Crippen LogP contribution in [0.15, 0.2) is 12.7 Å². The van der Waals surface area contributed by atoms with Crippen LogP contribution in [-0.4, -0.2) is 29.9 Å². The quantitative estimate of drug-likeness (QED) is 0.722. The molecule has 1 saturated carbocycles. The van der Waals surface area contributed by atoms with Crippen LogP contribution in [0.4, 0.5) is 0 Å². The maximum atomic E-state index is 12.0. The minimum absolute atomic E-state index is 0.0545. The SMILES string of the molecule is C=CCN(CC1CCCCC1)C(=O)CC(C)N. The van der Waals surface area contributed by atoms with Gasteiger partial charge in [-0.15, -0.1) is 6.58 Å². The van der Waals surface area contributed by atoms with Gasteiger partial charge in [0.2, 0.25) is 5.91 Å². The maximum absolute atomic E-state index is 12.0. The predicted molar refractivity (Wildman–Crippen MR) is 71.6 cm³/mol. The molecule has 0 radical (unpaired) electrons. The molecule has 1 aliphatic carbocycles. The number of hydrogen-bond acceptors (Lipinski definition) is 2. The van der Waals surface area contributed by atoms with Crippen LogP contribution in [0, 0.1) is 5.92 Å². The van der Waals surface area contributed by atoms with E-state index in [2.05, 4.69) is 6.58 Å². The molecule has 2 N–H and O–H groups in total. The minimum atomic E-state index is -0.0545. The van der Waals surface area contributed by atoms with Gasteiger partial charge in [0, 0.05) is 25.6 Å². The van der Waals surface area contributed by atoms with Gasteiger partial charge in [-0.3, -0.25) is 4.79 Å². The third-order valence-corrected chi connectivity index (χ3v) is 3.40. The Morgan fingerprint density at radius 1 is 1.47 bits per heavy atom. The molecule has 98 valence electrons. The number of amides is 1. The summed E-state index contributed by atoms with van der Waals surface area (Å²) in [6.45, 7) is 7.15. The molecule has 0 aliphatic heterocycles. The molecule has 17 heavy (non-hydrogen) atoms. The molecular formula is C14H26N2O. The summed E-state index contributed by atoms with van der Waals surface area (Å²) in [6, 6.07) is -0.0545. The van der Waals surface area contributed by atoms with Gasteiger partial charge in [-0.25, -0.2) is 0 Å². The molecule has 0 aromatic heterocycles. The highest BCUT2D eigenvalue weighted by Crippen LogP contribution is 2.24. The van der Waals surface area contributed by atoms with Crippen molar-refractivity contribution in [3.05, 3.63) is 12.7 Å². The summed E-state index contributed by atoms with van der Waals surface area (Å²) in [5.74, 6) is 0.853. The average molecular weight is 238 g/mol. The molecule has 1 unspecified atom stereocenters. The smallest absolute Gasteiger partial charge is 0.224 e. The molecule has 3 nitrogen and oxygen atoms in total. The normalized spacial score (nSPS) is 18.7. The van der Waals surface area contributed by atoms with E-state index >= 15 is 0 Å². The van der Waals surface area contributed by atoms with E-state index in [0.717, 1.165) is 6.54 Å². The first-order chi connectivity index (χ1) is 8.13. The van der Waals surface area contributed by atoms with E-state index in [1.165, 1.54) is 32.1 Å². The van der Waals surface area contributed by atoms with Crippen molar-refractivity contribution < 1.29 is 4.79 Å². The van der Waals surface area contributed by atoms with E-state index in [9.17, 15) is 4.79 Å². The van der Waals surface area contributed by atoms with Crippen molar-refractivity contribution >= 4 is 5.91 Å². The summed E-state index contributed by atoms with van der Waals surface area (Å²) in [5, 5.41) is 0. The fourth-order valence-electron chi connectivity index (χ4n) is 2.52. The zero-order chi connectivity index (χ0) is 12.7. The Bertz CT molecular complexity index is 245. The Morgan fingerprint density at radius 3 is 2.65 bits per heavy atom. The number of nitrogens with two attached hydrogens (primary N) is 1. The van der Waals surface area contributed by atoms with Crippen LogP contribution in [0.2, 0.25) is 0 Å². The Labute approximate surface area is 105 Å². The Balaban J connectivity index is 2.45. The van der Waals surface area contributed by atoms with Gasteiger partial charge in [0.1, 0.15) is 0 Å². The van der Waals surface area contributed by atoms with Gasteiger partial charge < -0.3 is 10.6 Å². The largest absolute Gasteiger partial charge is 0.339 e. The Hall–Kier alpha value is -0.830. The molecule has 0 saturated heterocycles. The number of carbonyl (C=O) groups is 1. The molecule has 0 spiro atoms. The highest BCUT2D eigenvalue weighted by Gasteiger charge is 2.20. The van der Waals surface area contributed by atoms with Crippen molar-refractivity contribution in [2.24, 2.45) is 11.7 Å². The van der Waals surface area contributed by atoms with E-state index in [1.807, 2.05) is 17.9 Å². The second-order valence-electron chi connectivity index (χ2n) is 5.27. The highest BCUT2D eigenvalue weighted by molar-refractivity contribution is 5.76. The van der Waals surface area contributed by atoms with Gasteiger partial charge in [0.25, 0.3) is 0 Å². The van der Waals surface area contributed by atoms with E-state index in [1.54, 1.807) is 0 Å². The number of hydrogen-bond donors (Lipinski definition) is 1. The zero-order valence-electron chi connectivity index (χ0n) is 11.0. The van der Waals surface area contributed by atoms with Crippen molar-refractivity contribution in [3.63, 3.8) is 0 Å². The highest BCUT2D eigenvalue weighted by atomic mass is 16.2. The van der Waals surface area contributed by atoms with Gasteiger partial charge in [-0.1, -0.05) is 25.3 Å². The lowest BCUT2D eigenvalue weighted by Crippen LogP contribution is -2.38. The molecule has 0 aromatic carbocycles. The van der Waals surface area contributed by atoms with Crippen LogP contribution >= 0.6 is 0 Å². The third-order valence-electron chi connectivity index (χ3n) is 3.40. The summed E-state index contributed by atoms with van der Waals surface area (Å²) in [5.41, 5.74) is 5.69. The first-order valence-corrected chi connectivity index (χ1v) is 6.77. The van der Waals surface area contributed by atoms with Crippen LogP contribution in [0.25, 0.3) is 0 Å². The Kier molecular flexibility index (Phi) is 6.27. The molecular weight excluding hydrogens is 212 g/mol. The van der Waals surface area contributed by atoms with Crippen LogP contribution < -0.4 is 5.73 Å². The second kappa shape index (κ2) is 7.49. The fraction of sp³-hybridized carbons (Fsp3) is 0.786. The minimum Gasteiger partial charge on any atom is -0.339 e. The molecule has 0 aromatic rings. The van der Waals surface area contributed by atoms with E-state index in [0.29, 0.717) is 18.9 Å². The summed E-state index contributed by atoms with van der Waals surface area (Å²) < 4.78 is 0. The first-order valence-electron chi connectivity index (χ1n) is 6.77. The average Bonchev–Trinajstić information content (AvgIpc) is 2.29. The standard InChI is InChI=1S/C14H26N2O/c1-3-9-16(14(17)10-12(2)15)11-13-7-5-4-6-8-13/h3,12-13H,1,4-11,15H2,2H3. The summed E-state index contributed by atoms with van der Waals surface area (Å²) >= 11 is 0. The van der Waals surface area contributed by atoms with Crippen molar-refractivity contribution in [2.75, 3.05) is 13.1 Å². The summed E-state index contributed by atoms with van der Waals surface area (Å²) in [4.78, 5) is 13.9. The van der Waals surface area contributed by atoms with Crippen molar-refractivity contribution in [2.45, 2.75) is 51.5 Å². The van der Waals surface area contributed by atoms with Crippen LogP contribution in [-0.2, 0) is 4.79 Å². The van der Waals surface area contributed by atoms with Gasteiger partial charge >= 0.3 is 0 Å². The molecule has 0 bridgehead atoms. The number of nitrogens with zero attached hydrogens (tertiary/aromatic N) is 1. The molecule has 0 heterocycles. The van der Waals surface area contributed by atoms with Crippen molar-refractivity contribution in [1.29, 1.82) is 0 Å². The van der Waals surface area contributed by atoms with E-state index < -0.39 is 0 Å². The van der Waals surface area contributed by atoms with E-state index in [4.69, 9.17) is 5.73 Å². The third kappa shape index (κ3) is 5.35. The predicted octanol–water partition coefficient (Wildman–Crippen LogP) is 2.32. The zero-order valence-corrected chi connectivity index (χ0v) is 11.0. The van der Waals surface area contributed by atoms with Crippen LogP contribution in [0.3, 0.4) is 0 Å². The van der Waals surface area contributed by atoms with Gasteiger partial charge in [-0.05, 0) is 25.7 Å². The lowest BCUT2D eigenvalue weighted by molar-refractivity contribution is -0.131. The fourth-order valence-corrected chi connectivity index (χ4v) is 2.52. The van der Waals surface area contributed by atoms with Gasteiger partial charge in [0.05, 0.1) is 0 Å². The summed E-state index contributed by atoms with van der Waals surface area (Å²) in [6.07, 6.45) is 8.76. The van der Waals surface area contributed by atoms with Crippen LogP contribution in [0.5, 0.6) is 0 Å². The molecule has 1 amide bonds. The topological polar surface area (TPSA) is 46.3 Å². The molecule has 3 heteroatoms. The van der Waals surface area contributed by atoms with Gasteiger partial charge in [-0.2, -0.15) is 0 Å². The molecule has 1 aliphatic rings. The number of rotatable bonds is 6. The second-order valence-corrected chi connectivity index (χ2v) is 5.27. The Morgan fingerprint density at radius 2 is 2.12 bits per heavy atom. The van der Waals surface area contributed by atoms with Crippen molar-refractivity contribution in [1.82, 2.24) is 4.90 Å². The number of carbonyl (C=O) groups excluding carboxylic acids is 1. The lowest BCUT2D eigenvalue weighted by Gasteiger charge is -2.29. The van der Waals surface area contributed by atoms with Gasteiger partial charge in [0.15, 0.2) is 0 Å². The van der Waals surface area contributed by atoms with Crippen molar-refractivity contribution in [3.8, 4) is 0 Å². The monoisotopic (exact) mass is 238 g/mol. The maximum Gasteiger partial charge on any atom is 0.224 e. The summed E-state index contributed by atoms with van der Waals surface area (Å²) in [7, 11) is 0.